The lowest BCUT2D eigenvalue weighted by Crippen LogP contribution is -2.27. The van der Waals surface area contributed by atoms with Gasteiger partial charge in [-0.25, -0.2) is 0 Å². The van der Waals surface area contributed by atoms with Gasteiger partial charge in [-0.2, -0.15) is 5.10 Å². The summed E-state index contributed by atoms with van der Waals surface area (Å²) in [4.78, 5) is 0. The fourth-order valence-electron chi connectivity index (χ4n) is 2.71. The Morgan fingerprint density at radius 1 is 1.20 bits per heavy atom. The van der Waals surface area contributed by atoms with Crippen LogP contribution in [0.1, 0.15) is 33.4 Å². The van der Waals surface area contributed by atoms with E-state index in [4.69, 9.17) is 5.10 Å². The van der Waals surface area contributed by atoms with Crippen LogP contribution in [-0.4, -0.2) is 22.9 Å². The molecular weight excluding hydrogens is 246 g/mol. The second kappa shape index (κ2) is 6.89. The summed E-state index contributed by atoms with van der Waals surface area (Å²) in [5, 5.41) is 9.63. The lowest BCUT2D eigenvalue weighted by atomic mass is 9.90. The Balaban J connectivity index is 2.27. The van der Waals surface area contributed by atoms with Gasteiger partial charge in [-0.15, -0.1) is 0 Å². The molecule has 1 N–H and O–H groups in total. The molecular formula is C17H27N3. The molecule has 110 valence electrons. The predicted molar refractivity (Wildman–Crippen MR) is 86.0 cm³/mol. The molecule has 1 aromatic carbocycles. The van der Waals surface area contributed by atoms with E-state index in [0.717, 1.165) is 26.1 Å². The molecule has 0 radical (unpaired) electrons. The van der Waals surface area contributed by atoms with E-state index in [1.165, 1.54) is 16.6 Å². The molecule has 0 fully saturated rings. The van der Waals surface area contributed by atoms with Crippen molar-refractivity contribution in [2.45, 2.75) is 40.7 Å². The lowest BCUT2D eigenvalue weighted by Gasteiger charge is -2.20. The van der Waals surface area contributed by atoms with E-state index in [1.807, 2.05) is 0 Å². The van der Waals surface area contributed by atoms with Crippen molar-refractivity contribution in [3.63, 3.8) is 0 Å². The minimum atomic E-state index is 0.638. The third kappa shape index (κ3) is 3.21. The molecule has 0 amide bonds. The van der Waals surface area contributed by atoms with Crippen LogP contribution >= 0.6 is 0 Å². The predicted octanol–water partition coefficient (Wildman–Crippen LogP) is 3.48. The van der Waals surface area contributed by atoms with Crippen molar-refractivity contribution in [2.24, 2.45) is 11.8 Å². The highest BCUT2D eigenvalue weighted by atomic mass is 15.3. The third-order valence-corrected chi connectivity index (χ3v) is 4.09. The second-order valence-corrected chi connectivity index (χ2v) is 5.80. The van der Waals surface area contributed by atoms with Crippen molar-refractivity contribution in [1.29, 1.82) is 0 Å². The first-order chi connectivity index (χ1) is 9.67. The second-order valence-electron chi connectivity index (χ2n) is 5.80. The molecule has 0 bridgehead atoms. The molecule has 3 nitrogen and oxygen atoms in total. The molecule has 2 rings (SSSR count). The van der Waals surface area contributed by atoms with Crippen molar-refractivity contribution in [3.8, 4) is 0 Å². The summed E-state index contributed by atoms with van der Waals surface area (Å²) >= 11 is 0. The van der Waals surface area contributed by atoms with Gasteiger partial charge in [0, 0.05) is 11.9 Å². The summed E-state index contributed by atoms with van der Waals surface area (Å²) in [5.74, 6) is 1.30. The molecule has 0 saturated carbocycles. The van der Waals surface area contributed by atoms with E-state index >= 15 is 0 Å². The number of aromatic nitrogens is 2. The summed E-state index contributed by atoms with van der Waals surface area (Å²) < 4.78 is 2.12. The first-order valence-electron chi connectivity index (χ1n) is 7.82. The van der Waals surface area contributed by atoms with E-state index in [1.54, 1.807) is 0 Å². The number of aryl methyl sites for hydroxylation is 1. The van der Waals surface area contributed by atoms with Gasteiger partial charge in [0.1, 0.15) is 0 Å². The zero-order chi connectivity index (χ0) is 14.5. The highest BCUT2D eigenvalue weighted by molar-refractivity contribution is 5.81. The van der Waals surface area contributed by atoms with E-state index in [2.05, 4.69) is 62.0 Å². The van der Waals surface area contributed by atoms with Gasteiger partial charge in [0.25, 0.3) is 0 Å². The van der Waals surface area contributed by atoms with Crippen LogP contribution in [0.4, 0.5) is 0 Å². The number of benzene rings is 1. The number of fused-ring (bicyclic) bond motifs is 1. The van der Waals surface area contributed by atoms with Crippen molar-refractivity contribution in [1.82, 2.24) is 15.1 Å². The van der Waals surface area contributed by atoms with Crippen molar-refractivity contribution in [3.05, 3.63) is 30.0 Å². The molecule has 1 unspecified atom stereocenters. The van der Waals surface area contributed by atoms with Gasteiger partial charge in [-0.05, 0) is 44.3 Å². The Kier molecular flexibility index (Phi) is 5.18. The van der Waals surface area contributed by atoms with E-state index in [9.17, 15) is 0 Å². The van der Waals surface area contributed by atoms with Crippen LogP contribution in [-0.2, 0) is 13.0 Å². The SMILES string of the molecule is CCNCC(Cc1nn(CC)c2ccccc12)C(C)C. The minimum absolute atomic E-state index is 0.638. The number of nitrogens with zero attached hydrogens (tertiary/aromatic N) is 2. The van der Waals surface area contributed by atoms with E-state index < -0.39 is 0 Å². The first kappa shape index (κ1) is 15.0. The van der Waals surface area contributed by atoms with Gasteiger partial charge in [-0.3, -0.25) is 4.68 Å². The number of hydrogen-bond acceptors (Lipinski definition) is 2. The number of nitrogens with one attached hydrogen (secondary N) is 1. The highest BCUT2D eigenvalue weighted by Gasteiger charge is 2.18. The van der Waals surface area contributed by atoms with Crippen LogP contribution in [0.15, 0.2) is 24.3 Å². The molecule has 2 aromatic rings. The Hall–Kier alpha value is -1.35. The van der Waals surface area contributed by atoms with Gasteiger partial charge in [0.05, 0.1) is 11.2 Å². The molecule has 1 heterocycles. The standard InChI is InChI=1S/C17H27N3/c1-5-18-12-14(13(3)4)11-16-15-9-7-8-10-17(15)20(6-2)19-16/h7-10,13-14,18H,5-6,11-12H2,1-4H3. The van der Waals surface area contributed by atoms with Crippen LogP contribution in [0.2, 0.25) is 0 Å². The monoisotopic (exact) mass is 273 g/mol. The van der Waals surface area contributed by atoms with Crippen LogP contribution < -0.4 is 5.32 Å². The number of hydrogen-bond donors (Lipinski definition) is 1. The Morgan fingerprint density at radius 2 is 1.95 bits per heavy atom. The fourth-order valence-corrected chi connectivity index (χ4v) is 2.71. The topological polar surface area (TPSA) is 29.9 Å². The summed E-state index contributed by atoms with van der Waals surface area (Å²) in [6.07, 6.45) is 1.05. The highest BCUT2D eigenvalue weighted by Crippen LogP contribution is 2.23. The minimum Gasteiger partial charge on any atom is -0.317 e. The Labute approximate surface area is 122 Å². The summed E-state index contributed by atoms with van der Waals surface area (Å²) in [6.45, 7) is 12.0. The van der Waals surface area contributed by atoms with E-state index in [0.29, 0.717) is 11.8 Å². The van der Waals surface area contributed by atoms with Gasteiger partial charge >= 0.3 is 0 Å². The van der Waals surface area contributed by atoms with E-state index in [-0.39, 0.29) is 0 Å². The van der Waals surface area contributed by atoms with Crippen LogP contribution in [0.25, 0.3) is 10.9 Å². The number of para-hydroxylation sites is 1. The molecule has 1 aromatic heterocycles. The molecule has 20 heavy (non-hydrogen) atoms. The van der Waals surface area contributed by atoms with Crippen molar-refractivity contribution >= 4 is 10.9 Å². The summed E-state index contributed by atoms with van der Waals surface area (Å²) in [7, 11) is 0. The van der Waals surface area contributed by atoms with Crippen molar-refractivity contribution in [2.75, 3.05) is 13.1 Å². The Bertz CT molecular complexity index is 542. The maximum Gasteiger partial charge on any atom is 0.0706 e. The average Bonchev–Trinajstić information content (AvgIpc) is 2.81. The molecule has 3 heteroatoms. The summed E-state index contributed by atoms with van der Waals surface area (Å²) in [6, 6.07) is 8.58. The first-order valence-corrected chi connectivity index (χ1v) is 7.82. The maximum absolute atomic E-state index is 4.83. The van der Waals surface area contributed by atoms with Crippen LogP contribution in [0.3, 0.4) is 0 Å². The van der Waals surface area contributed by atoms with Crippen LogP contribution in [0, 0.1) is 11.8 Å². The van der Waals surface area contributed by atoms with Gasteiger partial charge in [0.2, 0.25) is 0 Å². The third-order valence-electron chi connectivity index (χ3n) is 4.09. The smallest absolute Gasteiger partial charge is 0.0706 e. The van der Waals surface area contributed by atoms with Gasteiger partial charge < -0.3 is 5.32 Å². The molecule has 1 atom stereocenters. The fraction of sp³-hybridized carbons (Fsp3) is 0.588. The average molecular weight is 273 g/mol. The molecule has 0 aliphatic carbocycles. The normalized spacial score (nSPS) is 13.2. The quantitative estimate of drug-likeness (QED) is 0.837. The number of rotatable bonds is 7. The van der Waals surface area contributed by atoms with Gasteiger partial charge in [0.15, 0.2) is 0 Å². The largest absolute Gasteiger partial charge is 0.317 e. The van der Waals surface area contributed by atoms with Crippen LogP contribution in [0.5, 0.6) is 0 Å². The molecule has 0 aliphatic heterocycles. The molecule has 0 aliphatic rings. The van der Waals surface area contributed by atoms with Crippen molar-refractivity contribution < 1.29 is 0 Å². The zero-order valence-corrected chi connectivity index (χ0v) is 13.2. The lowest BCUT2D eigenvalue weighted by molar-refractivity contribution is 0.360. The summed E-state index contributed by atoms with van der Waals surface area (Å²) in [5.41, 5.74) is 2.51. The molecule has 0 saturated heterocycles. The maximum atomic E-state index is 4.83. The molecule has 0 spiro atoms. The zero-order valence-electron chi connectivity index (χ0n) is 13.2. The van der Waals surface area contributed by atoms with Gasteiger partial charge in [-0.1, -0.05) is 39.0 Å². The Morgan fingerprint density at radius 3 is 2.60 bits per heavy atom.